The highest BCUT2D eigenvalue weighted by atomic mass is 19.3. The molecule has 0 atom stereocenters. The minimum Gasteiger partial charge on any atom is -0.461 e. The van der Waals surface area contributed by atoms with Gasteiger partial charge in [0.15, 0.2) is 5.69 Å². The fourth-order valence-electron chi connectivity index (χ4n) is 4.37. The topological polar surface area (TPSA) is 44.1 Å². The molecule has 0 amide bonds. The van der Waals surface area contributed by atoms with Crippen molar-refractivity contribution in [2.24, 2.45) is 11.3 Å². The molecule has 7 heteroatoms. The number of ether oxygens (including phenoxy) is 1. The van der Waals surface area contributed by atoms with E-state index in [2.05, 4.69) is 5.10 Å². The van der Waals surface area contributed by atoms with E-state index in [4.69, 9.17) is 4.74 Å². The summed E-state index contributed by atoms with van der Waals surface area (Å²) in [6.07, 6.45) is 0.767. The maximum atomic E-state index is 13.6. The third kappa shape index (κ3) is 3.42. The smallest absolute Gasteiger partial charge is 0.359 e. The molecule has 1 saturated carbocycles. The van der Waals surface area contributed by atoms with Crippen LogP contribution in [0.5, 0.6) is 0 Å². The van der Waals surface area contributed by atoms with E-state index in [0.717, 1.165) is 5.69 Å². The van der Waals surface area contributed by atoms with Crippen molar-refractivity contribution in [3.8, 4) is 11.1 Å². The van der Waals surface area contributed by atoms with Crippen LogP contribution in [0, 0.1) is 17.2 Å². The molecule has 150 valence electrons. The lowest BCUT2D eigenvalue weighted by Gasteiger charge is -2.49. The van der Waals surface area contributed by atoms with Crippen molar-refractivity contribution in [1.82, 2.24) is 9.78 Å². The molecule has 0 bridgehead atoms. The molecule has 0 radical (unpaired) electrons. The highest BCUT2D eigenvalue weighted by Crippen LogP contribution is 2.58. The Morgan fingerprint density at radius 1 is 1.25 bits per heavy atom. The second kappa shape index (κ2) is 6.64. The molecule has 28 heavy (non-hydrogen) atoms. The van der Waals surface area contributed by atoms with Gasteiger partial charge in [0.05, 0.1) is 6.61 Å². The first-order chi connectivity index (χ1) is 13.2. The van der Waals surface area contributed by atoms with Crippen LogP contribution in [0.4, 0.5) is 13.2 Å². The lowest BCUT2D eigenvalue weighted by Crippen LogP contribution is -2.50. The van der Waals surface area contributed by atoms with Crippen molar-refractivity contribution in [1.29, 1.82) is 0 Å². The maximum Gasteiger partial charge on any atom is 0.359 e. The number of rotatable bonds is 4. The van der Waals surface area contributed by atoms with Gasteiger partial charge in [0.2, 0.25) is 5.92 Å². The van der Waals surface area contributed by atoms with Gasteiger partial charge in [0, 0.05) is 30.6 Å². The average Bonchev–Trinajstić information content (AvgIpc) is 2.97. The number of aryl methyl sites for hydroxylation is 1. The number of esters is 1. The van der Waals surface area contributed by atoms with Crippen molar-refractivity contribution < 1.29 is 22.7 Å². The van der Waals surface area contributed by atoms with Gasteiger partial charge < -0.3 is 4.74 Å². The number of aromatic nitrogens is 2. The normalized spacial score (nSPS) is 19.4. The summed E-state index contributed by atoms with van der Waals surface area (Å²) in [4.78, 5) is 12.7. The predicted octanol–water partition coefficient (Wildman–Crippen LogP) is 4.86. The molecule has 1 aromatic carbocycles. The van der Waals surface area contributed by atoms with Gasteiger partial charge in [-0.15, -0.1) is 0 Å². The summed E-state index contributed by atoms with van der Waals surface area (Å²) < 4.78 is 47.7. The van der Waals surface area contributed by atoms with Crippen molar-refractivity contribution >= 4 is 5.97 Å². The second-order valence-electron chi connectivity index (χ2n) is 8.53. The zero-order valence-electron chi connectivity index (χ0n) is 16.0. The van der Waals surface area contributed by atoms with E-state index in [1.165, 1.54) is 12.1 Å². The van der Waals surface area contributed by atoms with E-state index in [9.17, 15) is 18.0 Å². The largest absolute Gasteiger partial charge is 0.461 e. The van der Waals surface area contributed by atoms with Crippen molar-refractivity contribution in [3.63, 3.8) is 0 Å². The number of carbonyl (C=O) groups excluding carboxylic acids is 1. The molecule has 1 aliphatic carbocycles. The molecule has 1 spiro atoms. The number of nitrogens with zero attached hydrogens (tertiary/aromatic N) is 2. The summed E-state index contributed by atoms with van der Waals surface area (Å²) in [5.74, 6) is -3.36. The molecule has 1 aliphatic heterocycles. The highest BCUT2D eigenvalue weighted by molar-refractivity contribution is 5.96. The fraction of sp³-hybridized carbons (Fsp3) is 0.524. The summed E-state index contributed by atoms with van der Waals surface area (Å²) in [6, 6.07) is 5.81. The van der Waals surface area contributed by atoms with E-state index in [1.807, 2.05) is 13.8 Å². The minimum atomic E-state index is -2.61. The molecule has 4 rings (SSSR count). The van der Waals surface area contributed by atoms with Gasteiger partial charge in [-0.1, -0.05) is 26.0 Å². The van der Waals surface area contributed by atoms with Crippen molar-refractivity contribution in [2.75, 3.05) is 6.61 Å². The van der Waals surface area contributed by atoms with Crippen LogP contribution in [0.1, 0.15) is 49.3 Å². The Kier molecular flexibility index (Phi) is 4.51. The van der Waals surface area contributed by atoms with Crippen LogP contribution in [-0.4, -0.2) is 28.3 Å². The minimum absolute atomic E-state index is 0.138. The lowest BCUT2D eigenvalue weighted by molar-refractivity contribution is -0.168. The first-order valence-corrected chi connectivity index (χ1v) is 9.59. The van der Waals surface area contributed by atoms with Gasteiger partial charge >= 0.3 is 5.97 Å². The number of hydrogen-bond donors (Lipinski definition) is 0. The zero-order chi connectivity index (χ0) is 20.1. The third-order valence-electron chi connectivity index (χ3n) is 5.60. The van der Waals surface area contributed by atoms with Crippen molar-refractivity contribution in [3.05, 3.63) is 41.5 Å². The van der Waals surface area contributed by atoms with E-state index in [0.29, 0.717) is 30.5 Å². The van der Waals surface area contributed by atoms with Crippen LogP contribution >= 0.6 is 0 Å². The van der Waals surface area contributed by atoms with Gasteiger partial charge in [0.25, 0.3) is 0 Å². The Labute approximate surface area is 161 Å². The molecule has 0 unspecified atom stereocenters. The molecule has 0 saturated heterocycles. The number of carbonyl (C=O) groups is 1. The molecule has 2 aromatic rings. The number of fused-ring (bicyclic) bond motifs is 1. The molecule has 2 heterocycles. The standard InChI is InChI=1S/C21H23F3N2O2/c1-13(2)10-28-19(27)18-17(14-3-5-15(22)6-4-14)16-9-20(7-8-26(16)25-18)11-21(23,24)12-20/h3-6,13H,7-12H2,1-2H3. The molecule has 4 nitrogen and oxygen atoms in total. The predicted molar refractivity (Wildman–Crippen MR) is 97.7 cm³/mol. The highest BCUT2D eigenvalue weighted by Gasteiger charge is 2.57. The maximum absolute atomic E-state index is 13.6. The van der Waals surface area contributed by atoms with Crippen LogP contribution in [0.15, 0.2) is 24.3 Å². The first-order valence-electron chi connectivity index (χ1n) is 9.59. The molecular formula is C21H23F3N2O2. The summed E-state index contributed by atoms with van der Waals surface area (Å²) in [6.45, 7) is 4.62. The fourth-order valence-corrected chi connectivity index (χ4v) is 4.37. The third-order valence-corrected chi connectivity index (χ3v) is 5.60. The van der Waals surface area contributed by atoms with Crippen LogP contribution in [0.25, 0.3) is 11.1 Å². The quantitative estimate of drug-likeness (QED) is 0.698. The Bertz CT molecular complexity index is 895. The van der Waals surface area contributed by atoms with Crippen LogP contribution < -0.4 is 0 Å². The molecule has 1 fully saturated rings. The number of hydrogen-bond acceptors (Lipinski definition) is 3. The summed E-state index contributed by atoms with van der Waals surface area (Å²) in [5.41, 5.74) is 1.69. The Balaban J connectivity index is 1.74. The Morgan fingerprint density at radius 3 is 2.54 bits per heavy atom. The van der Waals surface area contributed by atoms with Crippen molar-refractivity contribution in [2.45, 2.75) is 52.0 Å². The Morgan fingerprint density at radius 2 is 1.93 bits per heavy atom. The molecular weight excluding hydrogens is 369 g/mol. The average molecular weight is 392 g/mol. The SMILES string of the molecule is CC(C)COC(=O)c1nn2c(c1-c1ccc(F)cc1)CC1(CC2)CC(F)(F)C1. The van der Waals surface area contributed by atoms with E-state index < -0.39 is 17.3 Å². The van der Waals surface area contributed by atoms with E-state index >= 15 is 0 Å². The number of halogens is 3. The summed E-state index contributed by atoms with van der Waals surface area (Å²) >= 11 is 0. The molecule has 1 aromatic heterocycles. The summed E-state index contributed by atoms with van der Waals surface area (Å²) in [7, 11) is 0. The van der Waals surface area contributed by atoms with Gasteiger partial charge in [-0.25, -0.2) is 18.0 Å². The number of alkyl halides is 2. The van der Waals surface area contributed by atoms with Gasteiger partial charge in [-0.3, -0.25) is 4.68 Å². The lowest BCUT2D eigenvalue weighted by atomic mass is 9.60. The van der Waals surface area contributed by atoms with Gasteiger partial charge in [-0.2, -0.15) is 5.10 Å². The second-order valence-corrected chi connectivity index (χ2v) is 8.53. The van der Waals surface area contributed by atoms with Crippen LogP contribution in [-0.2, 0) is 17.7 Å². The van der Waals surface area contributed by atoms with E-state index in [1.54, 1.807) is 16.8 Å². The monoisotopic (exact) mass is 392 g/mol. The van der Waals surface area contributed by atoms with Gasteiger partial charge in [-0.05, 0) is 41.9 Å². The van der Waals surface area contributed by atoms with Crippen LogP contribution in [0.2, 0.25) is 0 Å². The first kappa shape index (κ1) is 19.0. The summed E-state index contributed by atoms with van der Waals surface area (Å²) in [5, 5.41) is 4.45. The van der Waals surface area contributed by atoms with Gasteiger partial charge in [0.1, 0.15) is 5.82 Å². The molecule has 0 N–H and O–H groups in total. The van der Waals surface area contributed by atoms with E-state index in [-0.39, 0.29) is 36.9 Å². The molecule has 2 aliphatic rings. The number of benzene rings is 1. The Hall–Kier alpha value is -2.31. The van der Waals surface area contributed by atoms with Crippen LogP contribution in [0.3, 0.4) is 0 Å². The zero-order valence-corrected chi connectivity index (χ0v) is 16.0.